The van der Waals surface area contributed by atoms with E-state index in [0.29, 0.717) is 23.1 Å². The Hall–Kier alpha value is -2.81. The van der Waals surface area contributed by atoms with Crippen LogP contribution in [0.1, 0.15) is 36.4 Å². The summed E-state index contributed by atoms with van der Waals surface area (Å²) in [6, 6.07) is 9.84. The Bertz CT molecular complexity index is 767. The van der Waals surface area contributed by atoms with Crippen molar-refractivity contribution in [3.63, 3.8) is 0 Å². The summed E-state index contributed by atoms with van der Waals surface area (Å²) in [5.74, 6) is 0.153. The smallest absolute Gasteiger partial charge is 0.309 e. The summed E-state index contributed by atoms with van der Waals surface area (Å²) in [5.41, 5.74) is 8.78. The van der Waals surface area contributed by atoms with E-state index in [9.17, 15) is 10.1 Å². The van der Waals surface area contributed by atoms with E-state index in [1.807, 2.05) is 24.3 Å². The number of nitrogen functional groups attached to an aromatic ring is 1. The van der Waals surface area contributed by atoms with Gasteiger partial charge >= 0.3 is 5.97 Å². The number of methoxy groups -OCH3 is 1. The summed E-state index contributed by atoms with van der Waals surface area (Å²) in [6.45, 7) is 0. The minimum absolute atomic E-state index is 0.223. The van der Waals surface area contributed by atoms with Gasteiger partial charge in [-0.3, -0.25) is 4.79 Å². The number of aromatic nitrogens is 2. The maximum Gasteiger partial charge on any atom is 0.309 e. The third-order valence-corrected chi connectivity index (χ3v) is 4.28. The fourth-order valence-electron chi connectivity index (χ4n) is 2.69. The molecule has 1 aliphatic carbocycles. The van der Waals surface area contributed by atoms with Crippen LogP contribution < -0.4 is 5.73 Å². The number of nitrogens with zero attached hydrogens (tertiary/aromatic N) is 3. The number of hydrogen-bond acceptors (Lipinski definition) is 5. The van der Waals surface area contributed by atoms with Gasteiger partial charge in [0.25, 0.3) is 0 Å². The number of benzene rings is 1. The molecular formula is C17H18N4O2. The van der Waals surface area contributed by atoms with Gasteiger partial charge in [-0.15, -0.1) is 0 Å². The maximum absolute atomic E-state index is 11.3. The third kappa shape index (κ3) is 2.78. The first-order valence-electron chi connectivity index (χ1n) is 7.58. The van der Waals surface area contributed by atoms with Gasteiger partial charge in [-0.1, -0.05) is 24.3 Å². The van der Waals surface area contributed by atoms with Gasteiger partial charge in [0, 0.05) is 5.56 Å². The molecule has 0 amide bonds. The summed E-state index contributed by atoms with van der Waals surface area (Å²) < 4.78 is 6.43. The molecule has 0 bridgehead atoms. The summed E-state index contributed by atoms with van der Waals surface area (Å²) in [4.78, 5) is 11.3. The second-order valence-corrected chi connectivity index (χ2v) is 5.70. The van der Waals surface area contributed by atoms with Crippen LogP contribution in [-0.2, 0) is 16.0 Å². The van der Waals surface area contributed by atoms with E-state index in [0.717, 1.165) is 24.0 Å². The number of nitriles is 1. The van der Waals surface area contributed by atoms with Crippen molar-refractivity contribution in [1.82, 2.24) is 9.78 Å². The Balaban J connectivity index is 1.92. The zero-order chi connectivity index (χ0) is 16.4. The second kappa shape index (κ2) is 6.13. The molecule has 1 saturated carbocycles. The normalized spacial score (nSPS) is 14.1. The first-order chi connectivity index (χ1) is 11.1. The van der Waals surface area contributed by atoms with Crippen molar-refractivity contribution in [3.05, 3.63) is 35.4 Å². The standard InChI is InChI=1S/C17H18N4O2/c1-23-15(22)9-11-5-7-12(8-6-11)16-14(10-18)17(19)21(20-16)13-3-2-4-13/h5-8,13H,2-4,9,19H2,1H3. The van der Waals surface area contributed by atoms with Gasteiger partial charge in [0.2, 0.25) is 0 Å². The Morgan fingerprint density at radius 1 is 1.43 bits per heavy atom. The topological polar surface area (TPSA) is 93.9 Å². The predicted octanol–water partition coefficient (Wildman–Crippen LogP) is 2.44. The summed E-state index contributed by atoms with van der Waals surface area (Å²) in [5, 5.41) is 14.0. The molecule has 1 aromatic carbocycles. The molecule has 0 spiro atoms. The van der Waals surface area contributed by atoms with Crippen molar-refractivity contribution in [1.29, 1.82) is 5.26 Å². The summed E-state index contributed by atoms with van der Waals surface area (Å²) >= 11 is 0. The molecule has 2 aromatic rings. The Morgan fingerprint density at radius 2 is 2.13 bits per heavy atom. The van der Waals surface area contributed by atoms with E-state index in [2.05, 4.69) is 15.9 Å². The molecular weight excluding hydrogens is 292 g/mol. The van der Waals surface area contributed by atoms with Crippen molar-refractivity contribution in [2.75, 3.05) is 12.8 Å². The average Bonchev–Trinajstić information content (AvgIpc) is 2.83. The van der Waals surface area contributed by atoms with Crippen molar-refractivity contribution in [3.8, 4) is 17.3 Å². The van der Waals surface area contributed by atoms with Crippen LogP contribution in [0.25, 0.3) is 11.3 Å². The highest BCUT2D eigenvalue weighted by molar-refractivity contribution is 5.75. The van der Waals surface area contributed by atoms with Gasteiger partial charge in [0.1, 0.15) is 23.1 Å². The fraction of sp³-hybridized carbons (Fsp3) is 0.353. The van der Waals surface area contributed by atoms with Gasteiger partial charge < -0.3 is 10.5 Å². The highest BCUT2D eigenvalue weighted by Crippen LogP contribution is 2.36. The molecule has 1 fully saturated rings. The summed E-state index contributed by atoms with van der Waals surface area (Å²) in [6.07, 6.45) is 3.49. The first-order valence-corrected chi connectivity index (χ1v) is 7.58. The number of carbonyl (C=O) groups is 1. The predicted molar refractivity (Wildman–Crippen MR) is 85.4 cm³/mol. The molecule has 0 saturated heterocycles. The van der Waals surface area contributed by atoms with E-state index in [1.54, 1.807) is 4.68 Å². The van der Waals surface area contributed by atoms with E-state index in [4.69, 9.17) is 5.73 Å². The molecule has 2 N–H and O–H groups in total. The minimum Gasteiger partial charge on any atom is -0.469 e. The molecule has 6 heteroatoms. The quantitative estimate of drug-likeness (QED) is 0.875. The number of anilines is 1. The van der Waals surface area contributed by atoms with E-state index < -0.39 is 0 Å². The van der Waals surface area contributed by atoms with Crippen LogP contribution in [0, 0.1) is 11.3 Å². The van der Waals surface area contributed by atoms with Crippen LogP contribution in [0.3, 0.4) is 0 Å². The van der Waals surface area contributed by atoms with E-state index in [1.165, 1.54) is 13.5 Å². The summed E-state index contributed by atoms with van der Waals surface area (Å²) in [7, 11) is 1.37. The van der Waals surface area contributed by atoms with Crippen molar-refractivity contribution in [2.24, 2.45) is 0 Å². The number of rotatable bonds is 4. The monoisotopic (exact) mass is 310 g/mol. The highest BCUT2D eigenvalue weighted by Gasteiger charge is 2.26. The second-order valence-electron chi connectivity index (χ2n) is 5.70. The lowest BCUT2D eigenvalue weighted by atomic mass is 9.93. The zero-order valence-electron chi connectivity index (χ0n) is 13.0. The van der Waals surface area contributed by atoms with Crippen LogP contribution in [-0.4, -0.2) is 22.9 Å². The van der Waals surface area contributed by atoms with Gasteiger partial charge in [-0.2, -0.15) is 10.4 Å². The lowest BCUT2D eigenvalue weighted by molar-refractivity contribution is -0.139. The van der Waals surface area contributed by atoms with Crippen molar-refractivity contribution < 1.29 is 9.53 Å². The SMILES string of the molecule is COC(=O)Cc1ccc(-c2nn(C3CCC3)c(N)c2C#N)cc1. The molecule has 6 nitrogen and oxygen atoms in total. The Kier molecular flexibility index (Phi) is 4.02. The molecule has 118 valence electrons. The maximum atomic E-state index is 11.3. The van der Waals surface area contributed by atoms with E-state index in [-0.39, 0.29) is 12.4 Å². The molecule has 0 atom stereocenters. The highest BCUT2D eigenvalue weighted by atomic mass is 16.5. The number of ether oxygens (including phenoxy) is 1. The Labute approximate surface area is 134 Å². The van der Waals surface area contributed by atoms with Crippen LogP contribution >= 0.6 is 0 Å². The molecule has 23 heavy (non-hydrogen) atoms. The van der Waals surface area contributed by atoms with Gasteiger partial charge in [0.05, 0.1) is 19.6 Å². The lowest BCUT2D eigenvalue weighted by Gasteiger charge is -2.26. The van der Waals surface area contributed by atoms with Gasteiger partial charge in [0.15, 0.2) is 0 Å². The molecule has 0 radical (unpaired) electrons. The fourth-order valence-corrected chi connectivity index (χ4v) is 2.69. The lowest BCUT2D eigenvalue weighted by Crippen LogP contribution is -2.19. The zero-order valence-corrected chi connectivity index (χ0v) is 13.0. The number of hydrogen-bond donors (Lipinski definition) is 1. The molecule has 3 rings (SSSR count). The van der Waals surface area contributed by atoms with E-state index >= 15 is 0 Å². The average molecular weight is 310 g/mol. The van der Waals surface area contributed by atoms with Gasteiger partial charge in [-0.05, 0) is 24.8 Å². The largest absolute Gasteiger partial charge is 0.469 e. The van der Waals surface area contributed by atoms with Crippen LogP contribution in [0.5, 0.6) is 0 Å². The van der Waals surface area contributed by atoms with Crippen molar-refractivity contribution >= 4 is 11.8 Å². The molecule has 1 aromatic heterocycles. The van der Waals surface area contributed by atoms with Crippen LogP contribution in [0.2, 0.25) is 0 Å². The molecule has 0 unspecified atom stereocenters. The van der Waals surface area contributed by atoms with Crippen LogP contribution in [0.15, 0.2) is 24.3 Å². The number of esters is 1. The van der Waals surface area contributed by atoms with Gasteiger partial charge in [-0.25, -0.2) is 4.68 Å². The Morgan fingerprint density at radius 3 is 2.65 bits per heavy atom. The minimum atomic E-state index is -0.283. The third-order valence-electron chi connectivity index (χ3n) is 4.28. The number of nitrogens with two attached hydrogens (primary N) is 1. The molecule has 1 heterocycles. The molecule has 1 aliphatic rings. The van der Waals surface area contributed by atoms with Crippen LogP contribution in [0.4, 0.5) is 5.82 Å². The first kappa shape index (κ1) is 15.1. The van der Waals surface area contributed by atoms with Crippen molar-refractivity contribution in [2.45, 2.75) is 31.7 Å². The number of carbonyl (C=O) groups excluding carboxylic acids is 1. The molecule has 0 aliphatic heterocycles.